The molecule has 0 unspecified atom stereocenters. The van der Waals surface area contributed by atoms with Crippen LogP contribution in [0.1, 0.15) is 0 Å². The summed E-state index contributed by atoms with van der Waals surface area (Å²) in [5.41, 5.74) is 2.53. The van der Waals surface area contributed by atoms with Crippen molar-refractivity contribution in [1.82, 2.24) is 0 Å². The fraction of sp³-hybridized carbons (Fsp3) is 0. The summed E-state index contributed by atoms with van der Waals surface area (Å²) in [7, 11) is 0. The number of hydrogen-bond acceptors (Lipinski definition) is 10. The van der Waals surface area contributed by atoms with Crippen molar-refractivity contribution in [2.75, 3.05) is 0 Å². The van der Waals surface area contributed by atoms with Crippen LogP contribution < -0.4 is 0 Å². The van der Waals surface area contributed by atoms with Gasteiger partial charge in [-0.05, 0) is 131 Å². The monoisotopic (exact) mass is 898 g/mol. The highest BCUT2D eigenvalue weighted by atomic mass is 32.1. The van der Waals surface area contributed by atoms with Crippen LogP contribution >= 0.6 is 113 Å². The zero-order valence-electron chi connectivity index (χ0n) is 29.1. The normalized spacial score (nSPS) is 11.6. The van der Waals surface area contributed by atoms with Crippen LogP contribution in [0.25, 0.3) is 98.9 Å². The Labute approximate surface area is 364 Å². The number of hydrogen-bond donors (Lipinski definition) is 0. The van der Waals surface area contributed by atoms with Crippen LogP contribution in [0, 0.1) is 0 Å². The molecule has 10 heterocycles. The second-order valence-electron chi connectivity index (χ2n) is 12.8. The number of rotatable bonds is 10. The minimum Gasteiger partial charge on any atom is -0.143 e. The quantitative estimate of drug-likeness (QED) is 0.128. The van der Waals surface area contributed by atoms with E-state index >= 15 is 0 Å². The first-order valence-corrected chi connectivity index (χ1v) is 26.0. The Morgan fingerprint density at radius 2 is 0.375 bits per heavy atom. The van der Waals surface area contributed by atoms with E-state index in [1.165, 1.54) is 98.9 Å². The zero-order chi connectivity index (χ0) is 37.0. The molecule has 0 spiro atoms. The van der Waals surface area contributed by atoms with E-state index in [1.54, 1.807) is 22.7 Å². The molecule has 0 saturated heterocycles. The molecular formula is C46H26S10. The molecule has 10 aromatic heterocycles. The summed E-state index contributed by atoms with van der Waals surface area (Å²) < 4.78 is 0. The summed E-state index contributed by atoms with van der Waals surface area (Å²) in [6.45, 7) is 0. The molecule has 10 heteroatoms. The first kappa shape index (κ1) is 35.4. The van der Waals surface area contributed by atoms with Crippen LogP contribution in [-0.4, -0.2) is 0 Å². The van der Waals surface area contributed by atoms with Crippen molar-refractivity contribution in [2.45, 2.75) is 0 Å². The molecule has 270 valence electrons. The molecule has 0 atom stereocenters. The van der Waals surface area contributed by atoms with Crippen LogP contribution in [-0.2, 0) is 0 Å². The van der Waals surface area contributed by atoms with Gasteiger partial charge in [-0.3, -0.25) is 0 Å². The van der Waals surface area contributed by atoms with Crippen LogP contribution in [0.5, 0.6) is 0 Å². The van der Waals surface area contributed by atoms with Gasteiger partial charge in [-0.1, -0.05) is 36.4 Å². The Bertz CT molecular complexity index is 2820. The van der Waals surface area contributed by atoms with Gasteiger partial charge in [0.2, 0.25) is 0 Å². The summed E-state index contributed by atoms with van der Waals surface area (Å²) in [6.07, 6.45) is 0. The molecule has 0 saturated carbocycles. The Kier molecular flexibility index (Phi) is 9.60. The minimum atomic E-state index is 1.27. The summed E-state index contributed by atoms with van der Waals surface area (Å²) in [6, 6.07) is 54.2. The molecule has 56 heavy (non-hydrogen) atoms. The van der Waals surface area contributed by atoms with Crippen LogP contribution in [0.2, 0.25) is 0 Å². The maximum Gasteiger partial charge on any atom is 0.0449 e. The summed E-state index contributed by atoms with van der Waals surface area (Å²) in [5.74, 6) is 0. The van der Waals surface area contributed by atoms with Crippen molar-refractivity contribution in [3.63, 3.8) is 0 Å². The average Bonchev–Trinajstić information content (AvgIpc) is 4.10. The van der Waals surface area contributed by atoms with Gasteiger partial charge in [0.1, 0.15) is 0 Å². The second-order valence-corrected chi connectivity index (χ2v) is 23.4. The van der Waals surface area contributed by atoms with Crippen molar-refractivity contribution in [1.29, 1.82) is 0 Å². The van der Waals surface area contributed by atoms with Crippen molar-refractivity contribution in [3.8, 4) is 98.9 Å². The maximum atomic E-state index is 2.29. The van der Waals surface area contributed by atoms with Crippen LogP contribution in [0.4, 0.5) is 0 Å². The van der Waals surface area contributed by atoms with Gasteiger partial charge in [-0.15, -0.1) is 113 Å². The van der Waals surface area contributed by atoms with Crippen molar-refractivity contribution >= 4 is 113 Å². The Hall–Kier alpha value is -3.78. The highest BCUT2D eigenvalue weighted by Gasteiger charge is 2.15. The average molecular weight is 899 g/mol. The highest BCUT2D eigenvalue weighted by molar-refractivity contribution is 7.31. The lowest BCUT2D eigenvalue weighted by atomic mass is 10.1. The van der Waals surface area contributed by atoms with E-state index < -0.39 is 0 Å². The van der Waals surface area contributed by atoms with E-state index in [2.05, 4.69) is 156 Å². The molecule has 0 radical (unpaired) electrons. The predicted octanol–water partition coefficient (Wildman–Crippen LogP) is 19.0. The lowest BCUT2D eigenvalue weighted by molar-refractivity contribution is 1.69. The predicted molar refractivity (Wildman–Crippen MR) is 260 cm³/mol. The minimum absolute atomic E-state index is 1.27. The van der Waals surface area contributed by atoms with Gasteiger partial charge in [-0.2, -0.15) is 0 Å². The van der Waals surface area contributed by atoms with Gasteiger partial charge in [0.05, 0.1) is 0 Å². The van der Waals surface area contributed by atoms with Crippen molar-refractivity contribution in [2.24, 2.45) is 0 Å². The lowest BCUT2D eigenvalue weighted by Crippen LogP contribution is -1.74. The molecule has 11 rings (SSSR count). The molecule has 0 amide bonds. The topological polar surface area (TPSA) is 0 Å². The summed E-state index contributed by atoms with van der Waals surface area (Å²) >= 11 is 18.7. The molecule has 1 aromatic carbocycles. The van der Waals surface area contributed by atoms with Crippen molar-refractivity contribution in [3.05, 3.63) is 156 Å². The van der Waals surface area contributed by atoms with E-state index in [4.69, 9.17) is 0 Å². The summed E-state index contributed by atoms with van der Waals surface area (Å²) in [5, 5.41) is 4.30. The van der Waals surface area contributed by atoms with Crippen molar-refractivity contribution < 1.29 is 0 Å². The Balaban J connectivity index is 0.754. The van der Waals surface area contributed by atoms with E-state index in [1.807, 2.05) is 90.7 Å². The number of thiophene rings is 10. The number of benzene rings is 1. The molecule has 0 aliphatic carbocycles. The van der Waals surface area contributed by atoms with Gasteiger partial charge in [0.15, 0.2) is 0 Å². The molecule has 11 aromatic rings. The maximum absolute atomic E-state index is 2.29. The SMILES string of the molecule is c1csc(-c2ccc(-c3ccc(-c4ccc(-c5ccc(-c6ccc(-c7ccc(-c8ccc(-c9ccc(-c%10ccc(-c%11cccs%11)s%10)s9)s8)s7)cc6)s5)s4)s3)s2)c1. The van der Waals surface area contributed by atoms with Crippen LogP contribution in [0.15, 0.2) is 156 Å². The van der Waals surface area contributed by atoms with E-state index in [9.17, 15) is 0 Å². The van der Waals surface area contributed by atoms with Gasteiger partial charge in [0, 0.05) is 87.8 Å². The Morgan fingerprint density at radius 3 is 0.589 bits per heavy atom. The molecule has 0 aliphatic rings. The molecule has 0 aliphatic heterocycles. The summed E-state index contributed by atoms with van der Waals surface area (Å²) in [4.78, 5) is 24.0. The molecule has 0 bridgehead atoms. The van der Waals surface area contributed by atoms with Gasteiger partial charge < -0.3 is 0 Å². The van der Waals surface area contributed by atoms with E-state index in [0.29, 0.717) is 0 Å². The zero-order valence-corrected chi connectivity index (χ0v) is 37.3. The van der Waals surface area contributed by atoms with Crippen LogP contribution in [0.3, 0.4) is 0 Å². The Morgan fingerprint density at radius 1 is 0.179 bits per heavy atom. The fourth-order valence-corrected chi connectivity index (χ4v) is 16.8. The molecule has 0 nitrogen and oxygen atoms in total. The van der Waals surface area contributed by atoms with E-state index in [0.717, 1.165) is 0 Å². The highest BCUT2D eigenvalue weighted by Crippen LogP contribution is 2.47. The smallest absolute Gasteiger partial charge is 0.0449 e. The van der Waals surface area contributed by atoms with Gasteiger partial charge in [0.25, 0.3) is 0 Å². The third-order valence-corrected chi connectivity index (χ3v) is 21.4. The molecule has 0 fully saturated rings. The standard InChI is InChI=1S/C46H26S10/c1-3-31(47-25-1)33-13-15-39(51-33)41-21-23-45(55-41)43-19-17-37(53-43)35-11-9-29(49-35)27-5-7-28(8-6-27)30-10-12-36(50-30)38-18-20-44(54-38)46-24-22-42(56-46)40-16-14-34(52-40)32-4-2-26-48-32/h1-26H. The van der Waals surface area contributed by atoms with Gasteiger partial charge in [-0.25, -0.2) is 0 Å². The first-order valence-electron chi connectivity index (χ1n) is 17.7. The molecular weight excluding hydrogens is 873 g/mol. The largest absolute Gasteiger partial charge is 0.143 e. The fourth-order valence-electron chi connectivity index (χ4n) is 6.50. The van der Waals surface area contributed by atoms with Gasteiger partial charge >= 0.3 is 0 Å². The van der Waals surface area contributed by atoms with E-state index in [-0.39, 0.29) is 0 Å². The second kappa shape index (κ2) is 15.2. The third-order valence-electron chi connectivity index (χ3n) is 9.29. The third kappa shape index (κ3) is 6.96. The first-order chi connectivity index (χ1) is 27.7. The lowest BCUT2D eigenvalue weighted by Gasteiger charge is -2.01. The molecule has 0 N–H and O–H groups in total.